The summed E-state index contributed by atoms with van der Waals surface area (Å²) in [4.78, 5) is 23.9. The molecule has 1 amide bonds. The minimum Gasteiger partial charge on any atom is -0.321 e. The Hall–Kier alpha value is -2.05. The Balaban J connectivity index is 1.86. The summed E-state index contributed by atoms with van der Waals surface area (Å²) in [6.45, 7) is 0. The van der Waals surface area contributed by atoms with Crippen molar-refractivity contribution in [3.8, 4) is 0 Å². The third kappa shape index (κ3) is 2.54. The van der Waals surface area contributed by atoms with Crippen LogP contribution in [0.3, 0.4) is 0 Å². The van der Waals surface area contributed by atoms with Crippen molar-refractivity contribution in [3.63, 3.8) is 0 Å². The first-order chi connectivity index (χ1) is 9.22. The number of rotatable bonds is 2. The van der Waals surface area contributed by atoms with Crippen molar-refractivity contribution in [2.45, 2.75) is 0 Å². The highest BCUT2D eigenvalue weighted by molar-refractivity contribution is 7.16. The molecule has 5 nitrogen and oxygen atoms in total. The fourth-order valence-corrected chi connectivity index (χ4v) is 2.44. The van der Waals surface area contributed by atoms with Crippen molar-refractivity contribution in [2.24, 2.45) is 0 Å². The quantitative estimate of drug-likeness (QED) is 0.788. The number of hydrogen-bond donors (Lipinski definition) is 1. The fourth-order valence-electron chi connectivity index (χ4n) is 1.58. The van der Waals surface area contributed by atoms with Gasteiger partial charge in [0.05, 0.1) is 28.1 Å². The molecule has 0 spiro atoms. The third-order valence-corrected chi connectivity index (χ3v) is 3.40. The number of nitrogens with one attached hydrogen (secondary N) is 1. The maximum atomic E-state index is 12.0. The van der Waals surface area contributed by atoms with Gasteiger partial charge in [0.1, 0.15) is 10.8 Å². The number of anilines is 1. The average molecular weight is 291 g/mol. The minimum absolute atomic E-state index is 0.178. The molecule has 1 aromatic carbocycles. The second-order valence-corrected chi connectivity index (χ2v) is 4.99. The van der Waals surface area contributed by atoms with Crippen molar-refractivity contribution in [1.29, 1.82) is 0 Å². The number of benzene rings is 1. The van der Waals surface area contributed by atoms with Crippen LogP contribution in [0.15, 0.2) is 36.1 Å². The summed E-state index contributed by atoms with van der Waals surface area (Å²) in [5.74, 6) is -0.348. The molecule has 7 heteroatoms. The van der Waals surface area contributed by atoms with Crippen LogP contribution in [0, 0.1) is 0 Å². The minimum atomic E-state index is -0.348. The highest BCUT2D eigenvalue weighted by Gasteiger charge is 2.09. The lowest BCUT2D eigenvalue weighted by Gasteiger charge is -2.04. The number of fused-ring (bicyclic) bond motifs is 1. The van der Waals surface area contributed by atoms with E-state index in [1.165, 1.54) is 23.7 Å². The van der Waals surface area contributed by atoms with Gasteiger partial charge in [-0.25, -0.2) is 9.97 Å². The fraction of sp³-hybridized carbons (Fsp3) is 0. The SMILES string of the molecule is O=C(Nc1ccc2ncsc2c1)c1cncc(Cl)n1. The smallest absolute Gasteiger partial charge is 0.275 e. The highest BCUT2D eigenvalue weighted by Crippen LogP contribution is 2.22. The first kappa shape index (κ1) is 12.0. The van der Waals surface area contributed by atoms with E-state index in [4.69, 9.17) is 11.6 Å². The van der Waals surface area contributed by atoms with Gasteiger partial charge in [0.2, 0.25) is 0 Å². The molecule has 0 saturated carbocycles. The van der Waals surface area contributed by atoms with Crippen LogP contribution < -0.4 is 5.32 Å². The summed E-state index contributed by atoms with van der Waals surface area (Å²) in [5, 5.41) is 2.93. The maximum Gasteiger partial charge on any atom is 0.275 e. The molecule has 19 heavy (non-hydrogen) atoms. The average Bonchev–Trinajstić information content (AvgIpc) is 2.86. The van der Waals surface area contributed by atoms with Gasteiger partial charge >= 0.3 is 0 Å². The van der Waals surface area contributed by atoms with Gasteiger partial charge in [0, 0.05) is 5.69 Å². The maximum absolute atomic E-state index is 12.0. The molecule has 0 aliphatic heterocycles. The van der Waals surface area contributed by atoms with Gasteiger partial charge in [0.25, 0.3) is 5.91 Å². The molecule has 0 unspecified atom stereocenters. The number of carbonyl (C=O) groups excluding carboxylic acids is 1. The van der Waals surface area contributed by atoms with Crippen LogP contribution >= 0.6 is 22.9 Å². The van der Waals surface area contributed by atoms with Crippen LogP contribution in [0.1, 0.15) is 10.5 Å². The number of halogens is 1. The Morgan fingerprint density at radius 3 is 3.05 bits per heavy atom. The van der Waals surface area contributed by atoms with Crippen LogP contribution in [-0.4, -0.2) is 20.9 Å². The third-order valence-electron chi connectivity index (χ3n) is 2.43. The molecule has 2 aromatic heterocycles. The number of hydrogen-bond acceptors (Lipinski definition) is 5. The summed E-state index contributed by atoms with van der Waals surface area (Å²) in [5.41, 5.74) is 3.53. The molecule has 1 N–H and O–H groups in total. The molecule has 0 bridgehead atoms. The normalized spacial score (nSPS) is 10.6. The van der Waals surface area contributed by atoms with Gasteiger partial charge in [-0.3, -0.25) is 9.78 Å². The van der Waals surface area contributed by atoms with Gasteiger partial charge < -0.3 is 5.32 Å². The number of thiazole rings is 1. The topological polar surface area (TPSA) is 67.8 Å². The predicted molar refractivity (Wildman–Crippen MR) is 74.6 cm³/mol. The van der Waals surface area contributed by atoms with E-state index in [2.05, 4.69) is 20.3 Å². The number of aromatic nitrogens is 3. The Labute approximate surface area is 117 Å². The molecule has 0 atom stereocenters. The van der Waals surface area contributed by atoms with Crippen LogP contribution in [0.2, 0.25) is 5.15 Å². The van der Waals surface area contributed by atoms with E-state index in [1.54, 1.807) is 11.6 Å². The van der Waals surface area contributed by atoms with Gasteiger partial charge in [-0.2, -0.15) is 0 Å². The number of carbonyl (C=O) groups is 1. The largest absolute Gasteiger partial charge is 0.321 e. The summed E-state index contributed by atoms with van der Waals surface area (Å²) in [6.07, 6.45) is 2.74. The van der Waals surface area contributed by atoms with Crippen LogP contribution in [0.4, 0.5) is 5.69 Å². The Morgan fingerprint density at radius 1 is 1.32 bits per heavy atom. The summed E-state index contributed by atoms with van der Waals surface area (Å²) in [7, 11) is 0. The van der Waals surface area contributed by atoms with E-state index in [0.29, 0.717) is 5.69 Å². The van der Waals surface area contributed by atoms with E-state index >= 15 is 0 Å². The standard InChI is InChI=1S/C12H7ClN4OS/c13-11-5-14-4-9(17-11)12(18)16-7-1-2-8-10(3-7)19-6-15-8/h1-6H,(H,16,18). The summed E-state index contributed by atoms with van der Waals surface area (Å²) < 4.78 is 1.01. The molecule has 3 aromatic rings. The van der Waals surface area contributed by atoms with Crippen LogP contribution in [-0.2, 0) is 0 Å². The molecule has 0 aliphatic rings. The number of nitrogens with zero attached hydrogens (tertiary/aromatic N) is 3. The molecule has 0 fully saturated rings. The molecule has 3 rings (SSSR count). The zero-order valence-electron chi connectivity index (χ0n) is 9.50. The monoisotopic (exact) mass is 290 g/mol. The van der Waals surface area contributed by atoms with Gasteiger partial charge in [-0.05, 0) is 18.2 Å². The van der Waals surface area contributed by atoms with Crippen LogP contribution in [0.25, 0.3) is 10.2 Å². The van der Waals surface area contributed by atoms with Crippen molar-refractivity contribution in [1.82, 2.24) is 15.0 Å². The molecule has 94 valence electrons. The van der Waals surface area contributed by atoms with E-state index < -0.39 is 0 Å². The van der Waals surface area contributed by atoms with E-state index in [0.717, 1.165) is 10.2 Å². The molecular formula is C12H7ClN4OS. The van der Waals surface area contributed by atoms with Gasteiger partial charge in [-0.1, -0.05) is 11.6 Å². The van der Waals surface area contributed by atoms with Crippen molar-refractivity contribution < 1.29 is 4.79 Å². The van der Waals surface area contributed by atoms with Crippen molar-refractivity contribution >= 4 is 44.7 Å². The van der Waals surface area contributed by atoms with Gasteiger partial charge in [-0.15, -0.1) is 11.3 Å². The second kappa shape index (κ2) is 4.91. The van der Waals surface area contributed by atoms with Crippen molar-refractivity contribution in [2.75, 3.05) is 5.32 Å². The Bertz CT molecular complexity index is 758. The van der Waals surface area contributed by atoms with Crippen molar-refractivity contribution in [3.05, 3.63) is 47.0 Å². The number of amides is 1. The van der Waals surface area contributed by atoms with E-state index in [9.17, 15) is 4.79 Å². The second-order valence-electron chi connectivity index (χ2n) is 3.72. The zero-order chi connectivity index (χ0) is 13.2. The highest BCUT2D eigenvalue weighted by atomic mass is 35.5. The first-order valence-corrected chi connectivity index (χ1v) is 6.60. The molecular weight excluding hydrogens is 284 g/mol. The molecule has 2 heterocycles. The lowest BCUT2D eigenvalue weighted by Crippen LogP contribution is -2.13. The Morgan fingerprint density at radius 2 is 2.21 bits per heavy atom. The van der Waals surface area contributed by atoms with E-state index in [1.807, 2.05) is 12.1 Å². The molecule has 0 aliphatic carbocycles. The van der Waals surface area contributed by atoms with E-state index in [-0.39, 0.29) is 16.8 Å². The summed E-state index contributed by atoms with van der Waals surface area (Å²) in [6, 6.07) is 5.51. The molecule has 0 saturated heterocycles. The van der Waals surface area contributed by atoms with Crippen LogP contribution in [0.5, 0.6) is 0 Å². The molecule has 0 radical (unpaired) electrons. The Kier molecular flexibility index (Phi) is 3.10. The zero-order valence-corrected chi connectivity index (χ0v) is 11.1. The first-order valence-electron chi connectivity index (χ1n) is 5.34. The lowest BCUT2D eigenvalue weighted by molar-refractivity contribution is 0.102. The lowest BCUT2D eigenvalue weighted by atomic mass is 10.3. The summed E-state index contributed by atoms with van der Waals surface area (Å²) >= 11 is 7.21. The van der Waals surface area contributed by atoms with Gasteiger partial charge in [0.15, 0.2) is 0 Å². The predicted octanol–water partition coefficient (Wildman–Crippen LogP) is 2.99.